The summed E-state index contributed by atoms with van der Waals surface area (Å²) in [7, 11) is 3.96. The molecule has 1 aromatic carbocycles. The minimum absolute atomic E-state index is 0.330. The molecule has 20 heavy (non-hydrogen) atoms. The van der Waals surface area contributed by atoms with Gasteiger partial charge in [-0.3, -0.25) is 4.79 Å². The van der Waals surface area contributed by atoms with Gasteiger partial charge in [0.1, 0.15) is 5.69 Å². The summed E-state index contributed by atoms with van der Waals surface area (Å²) in [5.74, 6) is 0. The summed E-state index contributed by atoms with van der Waals surface area (Å²) in [4.78, 5) is 12.5. The van der Waals surface area contributed by atoms with Crippen LogP contribution in [-0.2, 0) is 0 Å². The molecule has 0 unspecified atom stereocenters. The van der Waals surface area contributed by atoms with Crippen molar-refractivity contribution in [3.05, 3.63) is 36.2 Å². The van der Waals surface area contributed by atoms with Gasteiger partial charge in [-0.2, -0.15) is 0 Å². The van der Waals surface area contributed by atoms with Crippen LogP contribution in [0.2, 0.25) is 0 Å². The van der Waals surface area contributed by atoms with E-state index in [4.69, 9.17) is 34.8 Å². The average molecular weight is 336 g/mol. The lowest BCUT2D eigenvalue weighted by atomic mass is 10.2. The fourth-order valence-electron chi connectivity index (χ4n) is 1.36. The van der Waals surface area contributed by atoms with Crippen molar-refractivity contribution in [3.8, 4) is 5.69 Å². The van der Waals surface area contributed by atoms with E-state index in [1.165, 1.54) is 0 Å². The number of nitrogens with zero attached hydrogens (tertiary/aromatic N) is 4. The first-order valence-electron chi connectivity index (χ1n) is 5.51. The van der Waals surface area contributed by atoms with Crippen LogP contribution in [0, 0.1) is 0 Å². The summed E-state index contributed by atoms with van der Waals surface area (Å²) in [6.45, 7) is 0. The van der Waals surface area contributed by atoms with Crippen LogP contribution in [0.5, 0.6) is 0 Å². The molecule has 0 spiro atoms. The van der Waals surface area contributed by atoms with Gasteiger partial charge in [-0.05, 0) is 24.3 Å². The number of hydrogen-bond acceptors (Lipinski definition) is 4. The van der Waals surface area contributed by atoms with Crippen molar-refractivity contribution in [1.29, 1.82) is 0 Å². The second-order valence-corrected chi connectivity index (χ2v) is 5.84. The van der Waals surface area contributed by atoms with Gasteiger partial charge in [0.05, 0.1) is 11.9 Å². The number of carbonyl (C=O) groups excluding carboxylic acids is 1. The number of halogens is 3. The molecule has 0 saturated heterocycles. The smallest absolute Gasteiger partial charge is 0.180 e. The molecule has 1 heterocycles. The molecule has 2 aromatic rings. The third kappa shape index (κ3) is 5.36. The van der Waals surface area contributed by atoms with Crippen molar-refractivity contribution in [3.63, 3.8) is 0 Å². The number of alkyl halides is 3. The Bertz CT molecular complexity index is 537. The summed E-state index contributed by atoms with van der Waals surface area (Å²) < 4.78 is 0.823. The van der Waals surface area contributed by atoms with E-state index in [-0.39, 0.29) is 0 Å². The molecule has 108 valence electrons. The monoisotopic (exact) mass is 334 g/mol. The van der Waals surface area contributed by atoms with E-state index in [2.05, 4.69) is 10.3 Å². The molecular formula is C12H13Cl3N4O. The lowest BCUT2D eigenvalue weighted by Gasteiger charge is -2.12. The Labute approximate surface area is 132 Å². The van der Waals surface area contributed by atoms with Gasteiger partial charge in [0.25, 0.3) is 0 Å². The molecule has 0 aliphatic carbocycles. The van der Waals surface area contributed by atoms with Gasteiger partial charge in [0, 0.05) is 19.8 Å². The molecule has 0 amide bonds. The maximum Gasteiger partial charge on any atom is 0.180 e. The van der Waals surface area contributed by atoms with Gasteiger partial charge in [-0.25, -0.2) is 4.68 Å². The number of aromatic nitrogens is 3. The van der Waals surface area contributed by atoms with Gasteiger partial charge >= 0.3 is 0 Å². The minimum Gasteiger partial charge on any atom is -0.378 e. The first-order valence-corrected chi connectivity index (χ1v) is 6.82. The molecule has 8 heteroatoms. The molecule has 5 nitrogen and oxygen atoms in total. The normalized spacial score (nSPS) is 9.90. The Kier molecular flexibility index (Phi) is 6.78. The second-order valence-electron chi connectivity index (χ2n) is 3.86. The van der Waals surface area contributed by atoms with Crippen molar-refractivity contribution in [2.24, 2.45) is 0 Å². The van der Waals surface area contributed by atoms with Gasteiger partial charge in [-0.1, -0.05) is 40.0 Å². The van der Waals surface area contributed by atoms with Crippen LogP contribution in [0.1, 0.15) is 10.5 Å². The Balaban J connectivity index is 0.000000444. The van der Waals surface area contributed by atoms with Crippen LogP contribution >= 0.6 is 34.8 Å². The number of hydrogen-bond donors (Lipinski definition) is 0. The predicted molar refractivity (Wildman–Crippen MR) is 82.4 cm³/mol. The third-order valence-corrected chi connectivity index (χ3v) is 2.26. The molecular weight excluding hydrogens is 323 g/mol. The van der Waals surface area contributed by atoms with Crippen LogP contribution in [0.15, 0.2) is 30.5 Å². The largest absolute Gasteiger partial charge is 0.378 e. The summed E-state index contributed by atoms with van der Waals surface area (Å²) >= 11 is 14.4. The van der Waals surface area contributed by atoms with E-state index in [9.17, 15) is 4.79 Å². The molecule has 0 aliphatic heterocycles. The topological polar surface area (TPSA) is 51.0 Å². The molecule has 0 saturated carbocycles. The van der Waals surface area contributed by atoms with E-state index < -0.39 is 4.30 Å². The summed E-state index contributed by atoms with van der Waals surface area (Å²) in [6.07, 6.45) is 2.27. The van der Waals surface area contributed by atoms with E-state index in [0.29, 0.717) is 12.0 Å². The Morgan fingerprint density at radius 3 is 2.15 bits per heavy atom. The second kappa shape index (κ2) is 8.09. The molecule has 0 bridgehead atoms. The molecule has 0 N–H and O–H groups in total. The van der Waals surface area contributed by atoms with Gasteiger partial charge in [-0.15, -0.1) is 5.10 Å². The highest BCUT2D eigenvalue weighted by molar-refractivity contribution is 6.63. The molecule has 0 atom stereocenters. The average Bonchev–Trinajstić information content (AvgIpc) is 2.87. The number of carbonyl (C=O) groups is 1. The van der Waals surface area contributed by atoms with Gasteiger partial charge in [0.15, 0.2) is 10.6 Å². The quantitative estimate of drug-likeness (QED) is 0.639. The summed E-state index contributed by atoms with van der Waals surface area (Å²) in [5, 5.41) is 7.56. The maximum atomic E-state index is 10.5. The van der Waals surface area contributed by atoms with Crippen molar-refractivity contribution in [2.45, 2.75) is 4.30 Å². The Morgan fingerprint density at radius 1 is 1.20 bits per heavy atom. The highest BCUT2D eigenvalue weighted by Crippen LogP contribution is 2.14. The first-order chi connectivity index (χ1) is 9.43. The van der Waals surface area contributed by atoms with E-state index in [1.807, 2.05) is 43.3 Å². The van der Waals surface area contributed by atoms with Gasteiger partial charge in [0.2, 0.25) is 0 Å². The van der Waals surface area contributed by atoms with Crippen molar-refractivity contribution in [1.82, 2.24) is 15.0 Å². The molecule has 2 rings (SSSR count). The number of aldehydes is 1. The number of rotatable bonds is 3. The summed E-state index contributed by atoms with van der Waals surface area (Å²) in [5.41, 5.74) is 2.32. The highest BCUT2D eigenvalue weighted by Gasteiger charge is 2.02. The Morgan fingerprint density at radius 2 is 1.75 bits per heavy atom. The zero-order valence-electron chi connectivity index (χ0n) is 10.9. The highest BCUT2D eigenvalue weighted by atomic mass is 35.6. The first kappa shape index (κ1) is 16.8. The zero-order chi connectivity index (χ0) is 15.1. The van der Waals surface area contributed by atoms with E-state index in [0.717, 1.165) is 11.4 Å². The Hall–Kier alpha value is -1.30. The van der Waals surface area contributed by atoms with Crippen LogP contribution in [0.3, 0.4) is 0 Å². The third-order valence-electron chi connectivity index (χ3n) is 2.26. The maximum absolute atomic E-state index is 10.5. The number of anilines is 1. The van der Waals surface area contributed by atoms with Crippen LogP contribution in [0.25, 0.3) is 5.69 Å². The predicted octanol–water partition coefficient (Wildman–Crippen LogP) is 3.13. The fraction of sp³-hybridized carbons (Fsp3) is 0.250. The van der Waals surface area contributed by atoms with E-state index >= 15 is 0 Å². The molecule has 1 aromatic heterocycles. The number of benzene rings is 1. The standard InChI is InChI=1S/C11H12N4O.CHCl3/c1-14(2)10-3-5-11(6-4-10)15-7-9(8-16)12-13-15;2-1(3)4/h3-8H,1-2H3;1H. The van der Waals surface area contributed by atoms with Crippen LogP contribution < -0.4 is 4.90 Å². The van der Waals surface area contributed by atoms with E-state index in [1.54, 1.807) is 10.9 Å². The molecule has 0 fully saturated rings. The fourth-order valence-corrected chi connectivity index (χ4v) is 1.36. The SMILES string of the molecule is CN(C)c1ccc(-n2cc(C=O)nn2)cc1.ClC(Cl)Cl. The van der Waals surface area contributed by atoms with Crippen molar-refractivity contribution >= 4 is 46.8 Å². The zero-order valence-corrected chi connectivity index (χ0v) is 13.1. The summed E-state index contributed by atoms with van der Waals surface area (Å²) in [6, 6.07) is 7.83. The lowest BCUT2D eigenvalue weighted by Crippen LogP contribution is -2.08. The van der Waals surface area contributed by atoms with Crippen LogP contribution in [0.4, 0.5) is 5.69 Å². The van der Waals surface area contributed by atoms with Crippen LogP contribution in [-0.4, -0.2) is 39.7 Å². The van der Waals surface area contributed by atoms with Gasteiger partial charge < -0.3 is 4.90 Å². The lowest BCUT2D eigenvalue weighted by molar-refractivity contribution is 0.111. The van der Waals surface area contributed by atoms with Crippen molar-refractivity contribution < 1.29 is 4.79 Å². The molecule has 0 aliphatic rings. The van der Waals surface area contributed by atoms with Crippen molar-refractivity contribution in [2.75, 3.05) is 19.0 Å². The molecule has 0 radical (unpaired) electrons. The minimum atomic E-state index is -0.750.